The molecule has 2 aromatic carbocycles. The Morgan fingerprint density at radius 1 is 1.00 bits per heavy atom. The summed E-state index contributed by atoms with van der Waals surface area (Å²) in [5.74, 6) is 1.57. The molecule has 1 fully saturated rings. The smallest absolute Gasteiger partial charge is 0.116 e. The summed E-state index contributed by atoms with van der Waals surface area (Å²) in [5, 5.41) is 10.8. The van der Waals surface area contributed by atoms with E-state index in [2.05, 4.69) is 45.9 Å². The zero-order chi connectivity index (χ0) is 19.1. The lowest BCUT2D eigenvalue weighted by Gasteiger charge is -2.33. The van der Waals surface area contributed by atoms with Gasteiger partial charge in [-0.05, 0) is 68.1 Å². The van der Waals surface area contributed by atoms with E-state index in [9.17, 15) is 5.11 Å². The number of aromatic nitrogens is 1. The quantitative estimate of drug-likeness (QED) is 0.636. The van der Waals surface area contributed by atoms with Crippen molar-refractivity contribution in [2.24, 2.45) is 11.8 Å². The Bertz CT molecular complexity index is 1000. The third-order valence-electron chi connectivity index (χ3n) is 6.49. The number of nitrogens with zero attached hydrogens (tertiary/aromatic N) is 2. The van der Waals surface area contributed by atoms with Gasteiger partial charge in [-0.2, -0.15) is 0 Å². The lowest BCUT2D eigenvalue weighted by Crippen LogP contribution is -2.34. The number of phenolic OH excluding ortho intramolecular Hbond substituents is 1. The molecule has 0 bridgehead atoms. The predicted molar refractivity (Wildman–Crippen MR) is 118 cm³/mol. The molecule has 1 unspecified atom stereocenters. The van der Waals surface area contributed by atoms with E-state index in [1.54, 1.807) is 6.07 Å². The van der Waals surface area contributed by atoms with Crippen molar-refractivity contribution in [3.05, 3.63) is 65.9 Å². The molecular formula is C24H26N2OS. The van der Waals surface area contributed by atoms with Gasteiger partial charge >= 0.3 is 0 Å². The molecule has 0 saturated carbocycles. The number of benzene rings is 2. The Hall–Kier alpha value is -2.17. The standard InChI is InChI=1S/C24H26N2OS/c27-21-6-7-22-19(13-21)14-23-24(28)20(16-26(22)23)12-17-8-10-25(11-9-17)15-18-4-2-1-3-5-18/h1-7,13-14,17,20,27H,8-12,15-16H2. The van der Waals surface area contributed by atoms with Gasteiger partial charge in [0.05, 0.1) is 5.69 Å². The zero-order valence-electron chi connectivity index (χ0n) is 16.1. The van der Waals surface area contributed by atoms with Gasteiger partial charge in [0.15, 0.2) is 0 Å². The minimum atomic E-state index is 0.321. The summed E-state index contributed by atoms with van der Waals surface area (Å²) in [6, 6.07) is 18.6. The highest BCUT2D eigenvalue weighted by Gasteiger charge is 2.32. The first kappa shape index (κ1) is 17.9. The van der Waals surface area contributed by atoms with Gasteiger partial charge in [0.25, 0.3) is 0 Å². The second kappa shape index (κ2) is 7.34. The maximum absolute atomic E-state index is 9.72. The number of rotatable bonds is 4. The summed E-state index contributed by atoms with van der Waals surface area (Å²) in [6.45, 7) is 4.44. The maximum atomic E-state index is 9.72. The van der Waals surface area contributed by atoms with Crippen molar-refractivity contribution in [3.63, 3.8) is 0 Å². The SMILES string of the molecule is Oc1ccc2c(c1)cc1n2CC(CC2CCN(Cc3ccccc3)CC2)C1=S. The number of thiocarbonyl (C=S) groups is 1. The summed E-state index contributed by atoms with van der Waals surface area (Å²) in [7, 11) is 0. The normalized spacial score (nSPS) is 20.7. The van der Waals surface area contributed by atoms with Gasteiger partial charge in [-0.25, -0.2) is 0 Å². The third-order valence-corrected chi connectivity index (χ3v) is 7.03. The number of piperidine rings is 1. The van der Waals surface area contributed by atoms with Crippen LogP contribution >= 0.6 is 12.2 Å². The van der Waals surface area contributed by atoms with Crippen molar-refractivity contribution < 1.29 is 5.11 Å². The Morgan fingerprint density at radius 3 is 2.57 bits per heavy atom. The number of fused-ring (bicyclic) bond motifs is 3. The topological polar surface area (TPSA) is 28.4 Å². The van der Waals surface area contributed by atoms with Crippen LogP contribution in [0.4, 0.5) is 0 Å². The van der Waals surface area contributed by atoms with E-state index in [1.807, 2.05) is 12.1 Å². The highest BCUT2D eigenvalue weighted by atomic mass is 32.1. The highest BCUT2D eigenvalue weighted by Crippen LogP contribution is 2.36. The van der Waals surface area contributed by atoms with Crippen LogP contribution in [0, 0.1) is 11.8 Å². The van der Waals surface area contributed by atoms with Gasteiger partial charge < -0.3 is 9.67 Å². The molecule has 1 saturated heterocycles. The molecule has 1 aromatic heterocycles. The first-order valence-corrected chi connectivity index (χ1v) is 10.7. The summed E-state index contributed by atoms with van der Waals surface area (Å²) < 4.78 is 2.35. The van der Waals surface area contributed by atoms with E-state index >= 15 is 0 Å². The molecule has 28 heavy (non-hydrogen) atoms. The van der Waals surface area contributed by atoms with Gasteiger partial charge in [-0.3, -0.25) is 4.90 Å². The highest BCUT2D eigenvalue weighted by molar-refractivity contribution is 7.80. The van der Waals surface area contributed by atoms with Crippen LogP contribution in [0.25, 0.3) is 10.9 Å². The fourth-order valence-corrected chi connectivity index (χ4v) is 5.32. The number of hydrogen-bond acceptors (Lipinski definition) is 3. The second-order valence-corrected chi connectivity index (χ2v) is 8.83. The molecule has 144 valence electrons. The molecule has 3 nitrogen and oxygen atoms in total. The van der Waals surface area contributed by atoms with Crippen LogP contribution < -0.4 is 0 Å². The summed E-state index contributed by atoms with van der Waals surface area (Å²) >= 11 is 5.85. The van der Waals surface area contributed by atoms with E-state index in [1.165, 1.54) is 49.1 Å². The Labute approximate surface area is 171 Å². The molecule has 4 heteroatoms. The third kappa shape index (κ3) is 3.36. The first-order chi connectivity index (χ1) is 13.7. The minimum absolute atomic E-state index is 0.321. The van der Waals surface area contributed by atoms with Gasteiger partial charge in [0, 0.05) is 34.8 Å². The van der Waals surface area contributed by atoms with Gasteiger partial charge in [-0.1, -0.05) is 42.5 Å². The van der Waals surface area contributed by atoms with Crippen LogP contribution in [-0.4, -0.2) is 32.5 Å². The molecule has 0 aliphatic carbocycles. The van der Waals surface area contributed by atoms with E-state index in [0.717, 1.165) is 29.3 Å². The fraction of sp³-hybridized carbons (Fsp3) is 0.375. The second-order valence-electron chi connectivity index (χ2n) is 8.39. The lowest BCUT2D eigenvalue weighted by molar-refractivity contribution is 0.166. The van der Waals surface area contributed by atoms with Crippen molar-refractivity contribution in [2.75, 3.05) is 13.1 Å². The molecular weight excluding hydrogens is 364 g/mol. The number of aromatic hydroxyl groups is 1. The molecule has 1 atom stereocenters. The fourth-order valence-electron chi connectivity index (χ4n) is 4.98. The average molecular weight is 391 g/mol. The van der Waals surface area contributed by atoms with Crippen LogP contribution in [0.1, 0.15) is 30.5 Å². The van der Waals surface area contributed by atoms with Gasteiger partial charge in [0.1, 0.15) is 5.75 Å². The van der Waals surface area contributed by atoms with E-state index < -0.39 is 0 Å². The van der Waals surface area contributed by atoms with Gasteiger partial charge in [0.2, 0.25) is 0 Å². The Balaban J connectivity index is 1.20. The summed E-state index contributed by atoms with van der Waals surface area (Å²) in [5.41, 5.74) is 3.78. The van der Waals surface area contributed by atoms with E-state index in [4.69, 9.17) is 12.2 Å². The molecule has 0 spiro atoms. The van der Waals surface area contributed by atoms with E-state index in [-0.39, 0.29) is 0 Å². The molecule has 0 radical (unpaired) electrons. The molecule has 3 aromatic rings. The van der Waals surface area contributed by atoms with Crippen LogP contribution in [0.3, 0.4) is 0 Å². The molecule has 5 rings (SSSR count). The summed E-state index contributed by atoms with van der Waals surface area (Å²) in [4.78, 5) is 3.70. The number of likely N-dealkylation sites (tertiary alicyclic amines) is 1. The molecule has 2 aliphatic rings. The van der Waals surface area contributed by atoms with E-state index in [0.29, 0.717) is 11.7 Å². The number of phenols is 1. The largest absolute Gasteiger partial charge is 0.508 e. The molecule has 1 N–H and O–H groups in total. The van der Waals surface area contributed by atoms with Crippen molar-refractivity contribution in [1.29, 1.82) is 0 Å². The predicted octanol–water partition coefficient (Wildman–Crippen LogP) is 5.00. The Kier molecular flexibility index (Phi) is 4.69. The minimum Gasteiger partial charge on any atom is -0.508 e. The maximum Gasteiger partial charge on any atom is 0.116 e. The van der Waals surface area contributed by atoms with Crippen molar-refractivity contribution in [3.8, 4) is 5.75 Å². The zero-order valence-corrected chi connectivity index (χ0v) is 16.9. The molecule has 3 heterocycles. The molecule has 2 aliphatic heterocycles. The monoisotopic (exact) mass is 390 g/mol. The van der Waals surface area contributed by atoms with Crippen LogP contribution in [0.2, 0.25) is 0 Å². The average Bonchev–Trinajstić information content (AvgIpc) is 3.20. The van der Waals surface area contributed by atoms with Crippen molar-refractivity contribution in [2.45, 2.75) is 32.4 Å². The molecule has 0 amide bonds. The van der Waals surface area contributed by atoms with Crippen LogP contribution in [0.5, 0.6) is 5.75 Å². The number of hydrogen-bond donors (Lipinski definition) is 1. The Morgan fingerprint density at radius 2 is 1.79 bits per heavy atom. The van der Waals surface area contributed by atoms with Crippen molar-refractivity contribution in [1.82, 2.24) is 9.47 Å². The first-order valence-electron chi connectivity index (χ1n) is 10.3. The van der Waals surface area contributed by atoms with Crippen molar-refractivity contribution >= 4 is 28.0 Å². The summed E-state index contributed by atoms with van der Waals surface area (Å²) in [6.07, 6.45) is 3.75. The van der Waals surface area contributed by atoms with Crippen LogP contribution in [-0.2, 0) is 13.1 Å². The lowest BCUT2D eigenvalue weighted by atomic mass is 9.86. The van der Waals surface area contributed by atoms with Gasteiger partial charge in [-0.15, -0.1) is 0 Å². The van der Waals surface area contributed by atoms with Crippen LogP contribution in [0.15, 0.2) is 54.6 Å².